The highest BCUT2D eigenvalue weighted by atomic mass is 32.2. The molecule has 0 radical (unpaired) electrons. The number of rotatable bonds is 6. The summed E-state index contributed by atoms with van der Waals surface area (Å²) in [6.07, 6.45) is 1.04. The first-order valence-corrected chi connectivity index (χ1v) is 9.44. The molecule has 0 bridgehead atoms. The van der Waals surface area contributed by atoms with E-state index >= 15 is 0 Å². The Hall–Kier alpha value is -2.85. The summed E-state index contributed by atoms with van der Waals surface area (Å²) in [5.74, 6) is -0.407. The number of carbonyl (C=O) groups is 1. The van der Waals surface area contributed by atoms with Crippen molar-refractivity contribution < 1.29 is 13.2 Å². The first-order chi connectivity index (χ1) is 11.8. The predicted molar refractivity (Wildman–Crippen MR) is 96.4 cm³/mol. The molecule has 6 nitrogen and oxygen atoms in total. The summed E-state index contributed by atoms with van der Waals surface area (Å²) >= 11 is 0. The first-order valence-electron chi connectivity index (χ1n) is 7.60. The van der Waals surface area contributed by atoms with Crippen molar-refractivity contribution in [3.8, 4) is 6.07 Å². The van der Waals surface area contributed by atoms with Crippen molar-refractivity contribution in [3.63, 3.8) is 0 Å². The Labute approximate surface area is 147 Å². The van der Waals surface area contributed by atoms with Crippen molar-refractivity contribution in [2.45, 2.75) is 13.5 Å². The van der Waals surface area contributed by atoms with E-state index in [9.17, 15) is 13.2 Å². The minimum absolute atomic E-state index is 0.323. The molecule has 0 aliphatic heterocycles. The highest BCUT2D eigenvalue weighted by Gasteiger charge is 2.20. The van der Waals surface area contributed by atoms with Crippen LogP contribution < -0.4 is 9.62 Å². The summed E-state index contributed by atoms with van der Waals surface area (Å²) < 4.78 is 25.0. The fraction of sp³-hybridized carbons (Fsp3) is 0.222. The molecule has 0 unspecified atom stereocenters. The smallest absolute Gasteiger partial charge is 0.241 e. The van der Waals surface area contributed by atoms with Crippen molar-refractivity contribution >= 4 is 21.6 Å². The van der Waals surface area contributed by atoms with E-state index in [4.69, 9.17) is 5.26 Å². The van der Waals surface area contributed by atoms with E-state index in [1.54, 1.807) is 0 Å². The highest BCUT2D eigenvalue weighted by molar-refractivity contribution is 7.92. The molecule has 0 saturated heterocycles. The maximum atomic E-state index is 12.2. The Morgan fingerprint density at radius 1 is 1.12 bits per heavy atom. The van der Waals surface area contributed by atoms with Gasteiger partial charge in [-0.1, -0.05) is 29.8 Å². The van der Waals surface area contributed by atoms with Gasteiger partial charge in [0.2, 0.25) is 15.9 Å². The Balaban J connectivity index is 2.07. The van der Waals surface area contributed by atoms with Crippen molar-refractivity contribution in [1.82, 2.24) is 5.32 Å². The second-order valence-electron chi connectivity index (χ2n) is 5.69. The number of benzene rings is 2. The molecular formula is C18H19N3O3S. The monoisotopic (exact) mass is 357 g/mol. The molecule has 25 heavy (non-hydrogen) atoms. The zero-order valence-electron chi connectivity index (χ0n) is 14.1. The number of hydrogen-bond acceptors (Lipinski definition) is 4. The Morgan fingerprint density at radius 3 is 2.24 bits per heavy atom. The third kappa shape index (κ3) is 5.33. The number of sulfonamides is 1. The molecule has 1 N–H and O–H groups in total. The average molecular weight is 357 g/mol. The molecule has 130 valence electrons. The summed E-state index contributed by atoms with van der Waals surface area (Å²) in [6, 6.07) is 15.7. The molecule has 1 amide bonds. The Morgan fingerprint density at radius 2 is 1.72 bits per heavy atom. The summed E-state index contributed by atoms with van der Waals surface area (Å²) in [4.78, 5) is 12.2. The number of nitriles is 1. The standard InChI is InChI=1S/C18H19N3O3S/c1-14-3-5-16(6-4-14)12-20-18(22)13-21(25(2,23)24)17-9-7-15(11-19)8-10-17/h3-10H,12-13H2,1-2H3,(H,20,22). The fourth-order valence-corrected chi connectivity index (χ4v) is 3.05. The third-order valence-corrected chi connectivity index (χ3v) is 4.72. The number of anilines is 1. The zero-order valence-corrected chi connectivity index (χ0v) is 14.9. The molecule has 0 heterocycles. The minimum Gasteiger partial charge on any atom is -0.350 e. The van der Waals surface area contributed by atoms with Crippen LogP contribution in [0.1, 0.15) is 16.7 Å². The molecule has 0 saturated carbocycles. The van der Waals surface area contributed by atoms with Gasteiger partial charge in [0.15, 0.2) is 0 Å². The molecule has 2 rings (SSSR count). The van der Waals surface area contributed by atoms with Crippen LogP contribution in [0.15, 0.2) is 48.5 Å². The average Bonchev–Trinajstić information content (AvgIpc) is 2.58. The predicted octanol–water partition coefficient (Wildman–Crippen LogP) is 1.95. The van der Waals surface area contributed by atoms with Gasteiger partial charge in [0.25, 0.3) is 0 Å². The molecule has 0 spiro atoms. The van der Waals surface area contributed by atoms with E-state index < -0.39 is 15.9 Å². The summed E-state index contributed by atoms with van der Waals surface area (Å²) in [5.41, 5.74) is 2.82. The quantitative estimate of drug-likeness (QED) is 0.855. The van der Waals surface area contributed by atoms with Gasteiger partial charge < -0.3 is 5.32 Å². The van der Waals surface area contributed by atoms with Gasteiger partial charge in [-0.15, -0.1) is 0 Å². The van der Waals surface area contributed by atoms with Gasteiger partial charge in [-0.05, 0) is 36.8 Å². The maximum absolute atomic E-state index is 12.2. The van der Waals surface area contributed by atoms with Crippen LogP contribution in [0.3, 0.4) is 0 Å². The molecule has 7 heteroatoms. The van der Waals surface area contributed by atoms with E-state index in [-0.39, 0.29) is 6.54 Å². The lowest BCUT2D eigenvalue weighted by atomic mass is 10.1. The van der Waals surface area contributed by atoms with E-state index in [1.807, 2.05) is 37.3 Å². The number of aryl methyl sites for hydroxylation is 1. The van der Waals surface area contributed by atoms with Crippen molar-refractivity contribution in [2.75, 3.05) is 17.1 Å². The Bertz CT molecular complexity index is 883. The molecule has 0 fully saturated rings. The SMILES string of the molecule is Cc1ccc(CNC(=O)CN(c2ccc(C#N)cc2)S(C)(=O)=O)cc1. The van der Waals surface area contributed by atoms with Gasteiger partial charge in [0.1, 0.15) is 6.54 Å². The summed E-state index contributed by atoms with van der Waals surface area (Å²) in [7, 11) is -3.63. The number of carbonyl (C=O) groups excluding carboxylic acids is 1. The van der Waals surface area contributed by atoms with Crippen LogP contribution in [0.2, 0.25) is 0 Å². The van der Waals surface area contributed by atoms with Crippen LogP contribution in [-0.4, -0.2) is 27.1 Å². The van der Waals surface area contributed by atoms with E-state index in [0.717, 1.165) is 21.7 Å². The molecule has 2 aromatic rings. The van der Waals surface area contributed by atoms with Crippen molar-refractivity contribution in [3.05, 3.63) is 65.2 Å². The molecular weight excluding hydrogens is 338 g/mol. The van der Waals surface area contributed by atoms with Gasteiger partial charge in [-0.2, -0.15) is 5.26 Å². The number of amides is 1. The van der Waals surface area contributed by atoms with Crippen LogP contribution >= 0.6 is 0 Å². The van der Waals surface area contributed by atoms with Crippen LogP contribution in [0, 0.1) is 18.3 Å². The van der Waals surface area contributed by atoms with E-state index in [2.05, 4.69) is 5.32 Å². The lowest BCUT2D eigenvalue weighted by Crippen LogP contribution is -2.40. The number of nitrogens with one attached hydrogen (secondary N) is 1. The lowest BCUT2D eigenvalue weighted by molar-refractivity contribution is -0.119. The molecule has 0 atom stereocenters. The third-order valence-electron chi connectivity index (χ3n) is 3.58. The molecule has 0 aliphatic carbocycles. The van der Waals surface area contributed by atoms with Crippen LogP contribution in [-0.2, 0) is 21.4 Å². The van der Waals surface area contributed by atoms with Gasteiger partial charge in [-0.25, -0.2) is 8.42 Å². The molecule has 0 aliphatic rings. The fourth-order valence-electron chi connectivity index (χ4n) is 2.20. The second kappa shape index (κ2) is 7.81. The van der Waals surface area contributed by atoms with Crippen LogP contribution in [0.5, 0.6) is 0 Å². The normalized spacial score (nSPS) is 10.8. The van der Waals surface area contributed by atoms with E-state index in [0.29, 0.717) is 17.8 Å². The van der Waals surface area contributed by atoms with Gasteiger partial charge in [0.05, 0.1) is 23.6 Å². The van der Waals surface area contributed by atoms with Gasteiger partial charge in [-0.3, -0.25) is 9.10 Å². The first kappa shape index (κ1) is 18.5. The topological polar surface area (TPSA) is 90.3 Å². The van der Waals surface area contributed by atoms with Crippen molar-refractivity contribution in [1.29, 1.82) is 5.26 Å². The number of hydrogen-bond donors (Lipinski definition) is 1. The molecule has 2 aromatic carbocycles. The van der Waals surface area contributed by atoms with E-state index in [1.165, 1.54) is 24.3 Å². The van der Waals surface area contributed by atoms with Gasteiger partial charge >= 0.3 is 0 Å². The largest absolute Gasteiger partial charge is 0.350 e. The summed E-state index contributed by atoms with van der Waals surface area (Å²) in [6.45, 7) is 1.98. The minimum atomic E-state index is -3.63. The maximum Gasteiger partial charge on any atom is 0.241 e. The van der Waals surface area contributed by atoms with Crippen LogP contribution in [0.25, 0.3) is 0 Å². The Kier molecular flexibility index (Phi) is 5.78. The number of nitrogens with zero attached hydrogens (tertiary/aromatic N) is 2. The molecule has 0 aromatic heterocycles. The zero-order chi connectivity index (χ0) is 18.4. The summed E-state index contributed by atoms with van der Waals surface area (Å²) in [5, 5.41) is 11.5. The highest BCUT2D eigenvalue weighted by Crippen LogP contribution is 2.18. The lowest BCUT2D eigenvalue weighted by Gasteiger charge is -2.22. The second-order valence-corrected chi connectivity index (χ2v) is 7.60. The van der Waals surface area contributed by atoms with Gasteiger partial charge in [0, 0.05) is 6.54 Å². The van der Waals surface area contributed by atoms with Crippen LogP contribution in [0.4, 0.5) is 5.69 Å². The van der Waals surface area contributed by atoms with Crippen molar-refractivity contribution in [2.24, 2.45) is 0 Å².